The largest absolute Gasteiger partial charge is 1.00 e. The zero-order valence-electron chi connectivity index (χ0n) is 12.4. The molecule has 0 aliphatic rings. The Morgan fingerprint density at radius 3 is 2.24 bits per heavy atom. The van der Waals surface area contributed by atoms with E-state index in [1.807, 2.05) is 32.0 Å². The van der Waals surface area contributed by atoms with E-state index in [2.05, 4.69) is 39.3 Å². The zero-order valence-corrected chi connectivity index (χ0v) is 13.1. The zero-order chi connectivity index (χ0) is 14.5. The second kappa shape index (κ2) is 7.59. The van der Waals surface area contributed by atoms with Gasteiger partial charge in [0.15, 0.2) is 5.96 Å². The number of hydrogen-bond acceptors (Lipinski definition) is 3. The van der Waals surface area contributed by atoms with Gasteiger partial charge in [0.1, 0.15) is 0 Å². The fraction of sp³-hybridized carbons (Fsp3) is 0.267. The van der Waals surface area contributed by atoms with Crippen molar-refractivity contribution in [1.82, 2.24) is 9.97 Å². The Hall–Kier alpha value is -2.14. The van der Waals surface area contributed by atoms with Crippen LogP contribution in [0, 0.1) is 20.8 Å². The molecular formula is C15H19ClN5-. The third kappa shape index (κ3) is 5.39. The number of halogens is 1. The minimum absolute atomic E-state index is 0. The Balaban J connectivity index is 0.00000220. The molecule has 112 valence electrons. The lowest BCUT2D eigenvalue weighted by Gasteiger charge is -2.06. The average molecular weight is 305 g/mol. The molecule has 1 aromatic carbocycles. The number of nitrogens with one attached hydrogen (secondary N) is 1. The predicted octanol–water partition coefficient (Wildman–Crippen LogP) is -0.667. The van der Waals surface area contributed by atoms with Crippen LogP contribution in [0.1, 0.15) is 22.5 Å². The van der Waals surface area contributed by atoms with Crippen molar-refractivity contribution >= 4 is 11.9 Å². The van der Waals surface area contributed by atoms with Crippen molar-refractivity contribution < 1.29 is 12.4 Å². The molecule has 0 saturated carbocycles. The van der Waals surface area contributed by atoms with Crippen LogP contribution in [0.25, 0.3) is 0 Å². The van der Waals surface area contributed by atoms with E-state index in [9.17, 15) is 0 Å². The van der Waals surface area contributed by atoms with E-state index < -0.39 is 0 Å². The normalized spacial score (nSPS) is 10.9. The molecule has 2 aromatic rings. The summed E-state index contributed by atoms with van der Waals surface area (Å²) in [5.74, 6) is 0.795. The molecule has 0 aliphatic heterocycles. The van der Waals surface area contributed by atoms with Crippen molar-refractivity contribution in [3.8, 4) is 0 Å². The molecule has 0 bridgehead atoms. The van der Waals surface area contributed by atoms with Gasteiger partial charge in [-0.1, -0.05) is 29.8 Å². The van der Waals surface area contributed by atoms with Gasteiger partial charge in [-0.15, -0.1) is 0 Å². The molecule has 0 atom stereocenters. The number of benzene rings is 1. The number of aromatic nitrogens is 2. The smallest absolute Gasteiger partial charge is 0.229 e. The van der Waals surface area contributed by atoms with Crippen molar-refractivity contribution in [2.45, 2.75) is 27.3 Å². The summed E-state index contributed by atoms with van der Waals surface area (Å²) in [6, 6.07) is 10.1. The minimum atomic E-state index is 0. The highest BCUT2D eigenvalue weighted by atomic mass is 35.5. The Morgan fingerprint density at radius 2 is 1.67 bits per heavy atom. The van der Waals surface area contributed by atoms with Crippen LogP contribution in [0.5, 0.6) is 0 Å². The van der Waals surface area contributed by atoms with Crippen molar-refractivity contribution in [3.05, 3.63) is 52.8 Å². The van der Waals surface area contributed by atoms with Gasteiger partial charge in [-0.2, -0.15) is 0 Å². The molecular weight excluding hydrogens is 286 g/mol. The molecule has 0 radical (unpaired) electrons. The molecule has 5 nitrogen and oxygen atoms in total. The minimum Gasteiger partial charge on any atom is -1.00 e. The van der Waals surface area contributed by atoms with E-state index in [0.29, 0.717) is 18.5 Å². The van der Waals surface area contributed by atoms with Crippen molar-refractivity contribution in [3.63, 3.8) is 0 Å². The Kier molecular flexibility index (Phi) is 6.11. The van der Waals surface area contributed by atoms with Gasteiger partial charge in [-0.05, 0) is 32.4 Å². The highest BCUT2D eigenvalue weighted by Gasteiger charge is 2.00. The predicted molar refractivity (Wildman–Crippen MR) is 81.6 cm³/mol. The van der Waals surface area contributed by atoms with Crippen LogP contribution in [0.4, 0.5) is 5.95 Å². The fourth-order valence-corrected chi connectivity index (χ4v) is 1.81. The van der Waals surface area contributed by atoms with Crippen LogP contribution in [0.2, 0.25) is 0 Å². The molecule has 0 saturated heterocycles. The summed E-state index contributed by atoms with van der Waals surface area (Å²) >= 11 is 0. The number of aliphatic imine (C=N–C) groups is 1. The third-order valence-electron chi connectivity index (χ3n) is 2.77. The van der Waals surface area contributed by atoms with Crippen molar-refractivity contribution in [1.29, 1.82) is 0 Å². The SMILES string of the molecule is Cc1ccc(CN=C(N)Nc2nc(C)cc(C)n2)cc1.[Cl-]. The van der Waals surface area contributed by atoms with Crippen LogP contribution >= 0.6 is 0 Å². The molecule has 0 unspecified atom stereocenters. The van der Waals surface area contributed by atoms with Gasteiger partial charge < -0.3 is 18.1 Å². The van der Waals surface area contributed by atoms with Crippen LogP contribution in [0.3, 0.4) is 0 Å². The van der Waals surface area contributed by atoms with E-state index in [1.54, 1.807) is 0 Å². The summed E-state index contributed by atoms with van der Waals surface area (Å²) in [4.78, 5) is 12.8. The van der Waals surface area contributed by atoms with E-state index in [-0.39, 0.29) is 12.4 Å². The quantitative estimate of drug-likeness (QED) is 0.583. The fourth-order valence-electron chi connectivity index (χ4n) is 1.81. The highest BCUT2D eigenvalue weighted by Crippen LogP contribution is 2.05. The van der Waals surface area contributed by atoms with Gasteiger partial charge >= 0.3 is 0 Å². The lowest BCUT2D eigenvalue weighted by molar-refractivity contribution is -0.00000477. The van der Waals surface area contributed by atoms with Gasteiger partial charge in [0.25, 0.3) is 0 Å². The summed E-state index contributed by atoms with van der Waals surface area (Å²) in [6.45, 7) is 6.42. The summed E-state index contributed by atoms with van der Waals surface area (Å²) in [6.07, 6.45) is 0. The molecule has 0 amide bonds. The second-order valence-electron chi connectivity index (χ2n) is 4.79. The first-order valence-corrected chi connectivity index (χ1v) is 6.48. The molecule has 3 N–H and O–H groups in total. The average Bonchev–Trinajstić information content (AvgIpc) is 2.37. The van der Waals surface area contributed by atoms with Gasteiger partial charge in [0.2, 0.25) is 5.95 Å². The Morgan fingerprint density at radius 1 is 1.10 bits per heavy atom. The van der Waals surface area contributed by atoms with Crippen LogP contribution < -0.4 is 23.5 Å². The first kappa shape index (κ1) is 16.9. The molecule has 0 spiro atoms. The van der Waals surface area contributed by atoms with E-state index in [0.717, 1.165) is 17.0 Å². The number of rotatable bonds is 3. The first-order chi connectivity index (χ1) is 9.52. The van der Waals surface area contributed by atoms with Crippen LogP contribution in [-0.4, -0.2) is 15.9 Å². The first-order valence-electron chi connectivity index (χ1n) is 6.48. The molecule has 1 heterocycles. The summed E-state index contributed by atoms with van der Waals surface area (Å²) < 4.78 is 0. The third-order valence-corrected chi connectivity index (χ3v) is 2.77. The molecule has 0 aliphatic carbocycles. The Labute approximate surface area is 131 Å². The van der Waals surface area contributed by atoms with Crippen molar-refractivity contribution in [2.24, 2.45) is 10.7 Å². The molecule has 0 fully saturated rings. The maximum absolute atomic E-state index is 5.84. The van der Waals surface area contributed by atoms with Gasteiger partial charge in [0, 0.05) is 11.4 Å². The lowest BCUT2D eigenvalue weighted by Crippen LogP contribution is -3.00. The topological polar surface area (TPSA) is 76.2 Å². The standard InChI is InChI=1S/C15H19N5.ClH/c1-10-4-6-13(7-5-10)9-17-14(16)20-15-18-11(2)8-12(3)19-15;/h4-8H,9H2,1-3H3,(H3,16,17,18,19,20);1H/p-1. The van der Waals surface area contributed by atoms with Crippen LogP contribution in [-0.2, 0) is 6.54 Å². The number of guanidine groups is 1. The Bertz CT molecular complexity index is 602. The number of hydrogen-bond donors (Lipinski definition) is 2. The molecule has 2 rings (SSSR count). The van der Waals surface area contributed by atoms with E-state index in [1.165, 1.54) is 5.56 Å². The summed E-state index contributed by atoms with van der Waals surface area (Å²) in [5.41, 5.74) is 9.97. The van der Waals surface area contributed by atoms with Gasteiger partial charge in [-0.3, -0.25) is 5.32 Å². The number of nitrogens with two attached hydrogens (primary N) is 1. The van der Waals surface area contributed by atoms with Gasteiger partial charge in [0.05, 0.1) is 6.54 Å². The van der Waals surface area contributed by atoms with Crippen LogP contribution in [0.15, 0.2) is 35.3 Å². The monoisotopic (exact) mass is 304 g/mol. The van der Waals surface area contributed by atoms with Gasteiger partial charge in [-0.25, -0.2) is 15.0 Å². The van der Waals surface area contributed by atoms with E-state index in [4.69, 9.17) is 5.73 Å². The molecule has 6 heteroatoms. The summed E-state index contributed by atoms with van der Waals surface area (Å²) in [5, 5.41) is 2.91. The summed E-state index contributed by atoms with van der Waals surface area (Å²) in [7, 11) is 0. The van der Waals surface area contributed by atoms with E-state index >= 15 is 0 Å². The maximum Gasteiger partial charge on any atom is 0.229 e. The molecule has 1 aromatic heterocycles. The lowest BCUT2D eigenvalue weighted by atomic mass is 10.1. The highest BCUT2D eigenvalue weighted by molar-refractivity contribution is 5.90. The number of aryl methyl sites for hydroxylation is 3. The number of nitrogens with zero attached hydrogens (tertiary/aromatic N) is 3. The molecule has 21 heavy (non-hydrogen) atoms. The van der Waals surface area contributed by atoms with Crippen molar-refractivity contribution in [2.75, 3.05) is 5.32 Å². The number of anilines is 1. The second-order valence-corrected chi connectivity index (χ2v) is 4.79. The maximum atomic E-state index is 5.84.